The van der Waals surface area contributed by atoms with Gasteiger partial charge in [-0.05, 0) is 101 Å². The van der Waals surface area contributed by atoms with E-state index in [0.717, 1.165) is 18.4 Å². The average Bonchev–Trinajstić information content (AvgIpc) is 2.70. The molecular weight excluding hydrogens is 592 g/mol. The molecule has 1 N–H and O–H groups in total. The van der Waals surface area contributed by atoms with Crippen LogP contribution in [0.3, 0.4) is 0 Å². The molecule has 6 heteroatoms. The molecule has 4 nitrogen and oxygen atoms in total. The summed E-state index contributed by atoms with van der Waals surface area (Å²) in [7, 11) is 0. The molecule has 0 fully saturated rings. The van der Waals surface area contributed by atoms with E-state index in [1.807, 2.05) is 49.4 Å². The number of anilines is 1. The van der Waals surface area contributed by atoms with Crippen LogP contribution in [0.1, 0.15) is 28.4 Å². The van der Waals surface area contributed by atoms with Gasteiger partial charge in [-0.15, -0.1) is 0 Å². The molecule has 0 aliphatic rings. The second kappa shape index (κ2) is 10.3. The van der Waals surface area contributed by atoms with Gasteiger partial charge in [0.05, 0.1) is 10.2 Å². The summed E-state index contributed by atoms with van der Waals surface area (Å²) in [5.74, 6) is 1.04. The van der Waals surface area contributed by atoms with Gasteiger partial charge in [0.1, 0.15) is 6.61 Å². The molecule has 3 aromatic carbocycles. The number of amides is 1. The fourth-order valence-corrected chi connectivity index (χ4v) is 3.79. The van der Waals surface area contributed by atoms with Crippen LogP contribution in [0.15, 0.2) is 60.7 Å². The molecule has 0 unspecified atom stereocenters. The van der Waals surface area contributed by atoms with Crippen molar-refractivity contribution in [3.63, 3.8) is 0 Å². The maximum Gasteiger partial charge on any atom is 0.255 e. The lowest BCUT2D eigenvalue weighted by atomic mass is 10.1. The molecule has 3 aromatic rings. The lowest BCUT2D eigenvalue weighted by molar-refractivity contribution is 0.102. The number of carbonyl (C=O) groups excluding carboxylic acids is 1. The zero-order chi connectivity index (χ0) is 20.8. The second-order valence-electron chi connectivity index (χ2n) is 6.45. The number of benzene rings is 3. The Bertz CT molecular complexity index is 986. The van der Waals surface area contributed by atoms with E-state index in [-0.39, 0.29) is 5.91 Å². The third kappa shape index (κ3) is 6.08. The van der Waals surface area contributed by atoms with Gasteiger partial charge in [0, 0.05) is 14.8 Å². The van der Waals surface area contributed by atoms with Crippen LogP contribution in [0.25, 0.3) is 0 Å². The van der Waals surface area contributed by atoms with E-state index in [1.54, 1.807) is 6.07 Å². The van der Waals surface area contributed by atoms with Crippen LogP contribution in [0.5, 0.6) is 11.5 Å². The third-order valence-corrected chi connectivity index (χ3v) is 5.70. The zero-order valence-electron chi connectivity index (χ0n) is 16.2. The van der Waals surface area contributed by atoms with E-state index in [1.165, 1.54) is 5.56 Å². The van der Waals surface area contributed by atoms with Crippen molar-refractivity contribution >= 4 is 56.8 Å². The van der Waals surface area contributed by atoms with Crippen molar-refractivity contribution in [2.45, 2.75) is 20.5 Å². The molecule has 0 spiro atoms. The molecule has 0 bridgehead atoms. The van der Waals surface area contributed by atoms with E-state index in [2.05, 4.69) is 69.6 Å². The fraction of sp³-hybridized carbons (Fsp3) is 0.174. The summed E-state index contributed by atoms with van der Waals surface area (Å²) in [6, 6.07) is 19.4. The van der Waals surface area contributed by atoms with Gasteiger partial charge in [-0.25, -0.2) is 0 Å². The van der Waals surface area contributed by atoms with Crippen LogP contribution >= 0.6 is 45.2 Å². The van der Waals surface area contributed by atoms with Crippen LogP contribution in [-0.4, -0.2) is 12.5 Å². The van der Waals surface area contributed by atoms with Crippen LogP contribution in [0.2, 0.25) is 0 Å². The molecule has 0 heterocycles. The number of hydrogen-bond donors (Lipinski definition) is 1. The lowest BCUT2D eigenvalue weighted by Gasteiger charge is -2.16. The molecule has 3 rings (SSSR count). The van der Waals surface area contributed by atoms with E-state index in [0.29, 0.717) is 30.3 Å². The number of carbonyl (C=O) groups is 1. The highest BCUT2D eigenvalue weighted by Gasteiger charge is 2.16. The molecular formula is C23H21I2NO3. The first-order valence-electron chi connectivity index (χ1n) is 9.18. The zero-order valence-corrected chi connectivity index (χ0v) is 20.5. The van der Waals surface area contributed by atoms with E-state index in [4.69, 9.17) is 9.47 Å². The Labute approximate surface area is 198 Å². The third-order valence-electron chi connectivity index (χ3n) is 4.18. The molecule has 0 aliphatic carbocycles. The lowest BCUT2D eigenvalue weighted by Crippen LogP contribution is -2.13. The number of nitrogens with one attached hydrogen (secondary N) is 1. The maximum absolute atomic E-state index is 12.7. The summed E-state index contributed by atoms with van der Waals surface area (Å²) >= 11 is 4.41. The summed E-state index contributed by atoms with van der Waals surface area (Å²) in [6.07, 6.45) is 0. The monoisotopic (exact) mass is 613 g/mol. The number of ether oxygens (including phenoxy) is 2. The van der Waals surface area contributed by atoms with Gasteiger partial charge < -0.3 is 14.8 Å². The molecule has 0 saturated carbocycles. The smallest absolute Gasteiger partial charge is 0.255 e. The van der Waals surface area contributed by atoms with Crippen LogP contribution < -0.4 is 14.8 Å². The average molecular weight is 613 g/mol. The molecule has 0 radical (unpaired) electrons. The first kappa shape index (κ1) is 21.9. The first-order chi connectivity index (χ1) is 14.0. The number of hydrogen-bond acceptors (Lipinski definition) is 3. The standard InChI is InChI=1S/C23H21I2NO3/c1-3-28-21-13-17(23(27)26-19-10-8-18(24)9-11-19)12-20(25)22(21)29-14-16-6-4-15(2)5-7-16/h4-13H,3,14H2,1-2H3,(H,26,27). The topological polar surface area (TPSA) is 47.6 Å². The summed E-state index contributed by atoms with van der Waals surface area (Å²) in [5, 5.41) is 2.92. The minimum Gasteiger partial charge on any atom is -0.490 e. The van der Waals surface area contributed by atoms with Crippen molar-refractivity contribution in [3.05, 3.63) is 84.5 Å². The summed E-state index contributed by atoms with van der Waals surface area (Å²) < 4.78 is 13.8. The highest BCUT2D eigenvalue weighted by atomic mass is 127. The molecule has 0 aromatic heterocycles. The van der Waals surface area contributed by atoms with E-state index < -0.39 is 0 Å². The minimum absolute atomic E-state index is 0.185. The van der Waals surface area contributed by atoms with Crippen molar-refractivity contribution in [1.29, 1.82) is 0 Å². The first-order valence-corrected chi connectivity index (χ1v) is 11.3. The number of rotatable bonds is 7. The minimum atomic E-state index is -0.185. The van der Waals surface area contributed by atoms with Crippen molar-refractivity contribution in [1.82, 2.24) is 0 Å². The van der Waals surface area contributed by atoms with Crippen molar-refractivity contribution in [3.8, 4) is 11.5 Å². The Balaban J connectivity index is 1.80. The van der Waals surface area contributed by atoms with Crippen LogP contribution in [0.4, 0.5) is 5.69 Å². The van der Waals surface area contributed by atoms with Crippen LogP contribution in [0, 0.1) is 14.1 Å². The van der Waals surface area contributed by atoms with Crippen molar-refractivity contribution in [2.24, 2.45) is 0 Å². The second-order valence-corrected chi connectivity index (χ2v) is 8.86. The number of halogens is 2. The molecule has 0 aliphatic heterocycles. The van der Waals surface area contributed by atoms with Gasteiger partial charge >= 0.3 is 0 Å². The van der Waals surface area contributed by atoms with Gasteiger partial charge in [0.25, 0.3) is 5.91 Å². The molecule has 150 valence electrons. The van der Waals surface area contributed by atoms with Gasteiger partial charge in [-0.2, -0.15) is 0 Å². The van der Waals surface area contributed by atoms with Gasteiger partial charge in [0.15, 0.2) is 11.5 Å². The molecule has 0 saturated heterocycles. The van der Waals surface area contributed by atoms with Gasteiger partial charge in [-0.1, -0.05) is 29.8 Å². The van der Waals surface area contributed by atoms with E-state index >= 15 is 0 Å². The van der Waals surface area contributed by atoms with Gasteiger partial charge in [0.2, 0.25) is 0 Å². The largest absolute Gasteiger partial charge is 0.490 e. The van der Waals surface area contributed by atoms with Gasteiger partial charge in [-0.3, -0.25) is 4.79 Å². The van der Waals surface area contributed by atoms with Crippen molar-refractivity contribution < 1.29 is 14.3 Å². The Morgan fingerprint density at radius 1 is 0.966 bits per heavy atom. The Morgan fingerprint density at radius 3 is 2.31 bits per heavy atom. The maximum atomic E-state index is 12.7. The summed E-state index contributed by atoms with van der Waals surface area (Å²) in [4.78, 5) is 12.7. The molecule has 0 atom stereocenters. The van der Waals surface area contributed by atoms with E-state index in [9.17, 15) is 4.79 Å². The van der Waals surface area contributed by atoms with Crippen molar-refractivity contribution in [2.75, 3.05) is 11.9 Å². The molecule has 29 heavy (non-hydrogen) atoms. The highest BCUT2D eigenvalue weighted by Crippen LogP contribution is 2.35. The fourth-order valence-electron chi connectivity index (χ4n) is 2.68. The summed E-state index contributed by atoms with van der Waals surface area (Å²) in [6.45, 7) is 4.89. The SMILES string of the molecule is CCOc1cc(C(=O)Nc2ccc(I)cc2)cc(I)c1OCc1ccc(C)cc1. The predicted octanol–water partition coefficient (Wildman–Crippen LogP) is 6.43. The summed E-state index contributed by atoms with van der Waals surface area (Å²) in [5.41, 5.74) is 3.57. The normalized spacial score (nSPS) is 10.5. The predicted molar refractivity (Wildman–Crippen MR) is 133 cm³/mol. The van der Waals surface area contributed by atoms with Crippen LogP contribution in [-0.2, 0) is 6.61 Å². The Morgan fingerprint density at radius 2 is 1.66 bits per heavy atom. The highest BCUT2D eigenvalue weighted by molar-refractivity contribution is 14.1. The molecule has 1 amide bonds. The Hall–Kier alpha value is -1.81. The quantitative estimate of drug-likeness (QED) is 0.313. The Kier molecular flexibility index (Phi) is 7.77. The number of aryl methyl sites for hydroxylation is 1.